The van der Waals surface area contributed by atoms with Crippen LogP contribution in [0, 0.1) is 82.9 Å². The normalized spacial score (nSPS) is 8.84. The van der Waals surface area contributed by atoms with Gasteiger partial charge in [-0.3, -0.25) is 4.79 Å². The molecule has 0 aromatic heterocycles. The van der Waals surface area contributed by atoms with Crippen LogP contribution in [0.3, 0.4) is 0 Å². The smallest absolute Gasteiger partial charge is 0.790 e. The molecule has 186 valence electrons. The first-order valence-electron chi connectivity index (χ1n) is 10.7. The van der Waals surface area contributed by atoms with Crippen LogP contribution < -0.4 is 68.9 Å². The van der Waals surface area contributed by atoms with E-state index in [1.165, 1.54) is 0 Å². The molecule has 0 aliphatic heterocycles. The molecule has 38 heavy (non-hydrogen) atoms. The molecule has 0 rings (SSSR count). The van der Waals surface area contributed by atoms with Crippen LogP contribution in [0.2, 0.25) is 0 Å². The summed E-state index contributed by atoms with van der Waals surface area (Å²) < 4.78 is 24.7. The molecule has 0 fully saturated rings. The molecule has 1 atom stereocenters. The molecular formula is C27H23Na2O8P. The van der Waals surface area contributed by atoms with Crippen molar-refractivity contribution in [1.29, 1.82) is 0 Å². The second kappa shape index (κ2) is 28.0. The number of carbonyl (C=O) groups is 2. The second-order valence-corrected chi connectivity index (χ2v) is 7.65. The Bertz CT molecular complexity index is 1240. The van der Waals surface area contributed by atoms with Gasteiger partial charge in [0, 0.05) is 12.3 Å². The van der Waals surface area contributed by atoms with Crippen LogP contribution in [0.5, 0.6) is 0 Å². The van der Waals surface area contributed by atoms with Crippen molar-refractivity contribution in [1.82, 2.24) is 0 Å². The summed E-state index contributed by atoms with van der Waals surface area (Å²) in [7, 11) is -5.31. The zero-order chi connectivity index (χ0) is 26.9. The Morgan fingerprint density at radius 1 is 0.763 bits per heavy atom. The summed E-state index contributed by atoms with van der Waals surface area (Å²) in [4.78, 5) is 45.0. The van der Waals surface area contributed by atoms with Crippen LogP contribution in [-0.4, -0.2) is 31.3 Å². The van der Waals surface area contributed by atoms with Gasteiger partial charge in [-0.1, -0.05) is 38.5 Å². The molecule has 0 N–H and O–H groups in total. The fraction of sp³-hybridized carbons (Fsp3) is 0.407. The molecule has 0 bridgehead atoms. The zero-order valence-corrected chi connectivity index (χ0v) is 26.8. The Morgan fingerprint density at radius 3 is 1.76 bits per heavy atom. The van der Waals surface area contributed by atoms with Gasteiger partial charge in [-0.25, -0.2) is 4.79 Å². The largest absolute Gasteiger partial charge is 1.00 e. The Kier molecular flexibility index (Phi) is 29.8. The molecule has 0 aliphatic carbocycles. The van der Waals surface area contributed by atoms with Crippen LogP contribution in [0.15, 0.2) is 0 Å². The summed E-state index contributed by atoms with van der Waals surface area (Å²) >= 11 is 0. The number of phosphoric ester groups is 1. The van der Waals surface area contributed by atoms with Crippen molar-refractivity contribution in [2.24, 2.45) is 0 Å². The first-order valence-corrected chi connectivity index (χ1v) is 12.2. The standard InChI is InChI=1S/C27H25O8P.2Na/c1-3-5-7-9-10-11-12-13-14-15-16-18-19-21-26(28)33-23-25(24-34-36(30,31)32)35-27(29)22-20-17-8-6-4-2;;/h25H,4,6,8,17,20,22-24H2,1-2H3,(H2,30,31,32);;/q;2*+1/p-2/t25-;;/m1../s1. The van der Waals surface area contributed by atoms with E-state index in [9.17, 15) is 23.9 Å². The van der Waals surface area contributed by atoms with E-state index in [4.69, 9.17) is 9.47 Å². The van der Waals surface area contributed by atoms with Crippen LogP contribution in [0.1, 0.15) is 52.4 Å². The third kappa shape index (κ3) is 30.2. The predicted octanol–water partition coefficient (Wildman–Crippen LogP) is -5.30. The molecule has 0 saturated heterocycles. The van der Waals surface area contributed by atoms with Gasteiger partial charge in [0.05, 0.1) is 14.4 Å². The Balaban J connectivity index is -0.00000612. The molecule has 0 radical (unpaired) electrons. The molecule has 0 aromatic carbocycles. The topological polar surface area (TPSA) is 125 Å². The summed E-state index contributed by atoms with van der Waals surface area (Å²) in [5.74, 6) is 31.8. The minimum absolute atomic E-state index is 0. The maximum Gasteiger partial charge on any atom is 1.00 e. The van der Waals surface area contributed by atoms with E-state index < -0.39 is 39.1 Å². The number of rotatable bonds is 12. The Morgan fingerprint density at radius 2 is 1.26 bits per heavy atom. The van der Waals surface area contributed by atoms with E-state index in [2.05, 4.69) is 94.3 Å². The minimum atomic E-state index is -5.31. The Labute approximate surface area is 269 Å². The average Bonchev–Trinajstić information content (AvgIpc) is 2.83. The molecule has 0 aliphatic rings. The third-order valence-corrected chi connectivity index (χ3v) is 4.04. The van der Waals surface area contributed by atoms with Gasteiger partial charge in [-0.05, 0) is 84.4 Å². The second-order valence-electron chi connectivity index (χ2n) is 6.49. The monoisotopic (exact) mass is 552 g/mol. The first kappa shape index (κ1) is 40.5. The van der Waals surface area contributed by atoms with Crippen LogP contribution >= 0.6 is 7.82 Å². The van der Waals surface area contributed by atoms with Crippen molar-refractivity contribution < 1.29 is 97.1 Å². The zero-order valence-electron chi connectivity index (χ0n) is 21.9. The fourth-order valence-electron chi connectivity index (χ4n) is 2.07. The average molecular weight is 552 g/mol. The number of phosphoric acid groups is 1. The number of unbranched alkanes of at least 4 members (excludes halogenated alkanes) is 4. The maximum atomic E-state index is 11.9. The van der Waals surface area contributed by atoms with Gasteiger partial charge in [-0.15, -0.1) is 0 Å². The maximum absolute atomic E-state index is 11.9. The number of carbonyl (C=O) groups excluding carboxylic acids is 2. The number of esters is 2. The van der Waals surface area contributed by atoms with E-state index in [1.807, 2.05) is 0 Å². The van der Waals surface area contributed by atoms with Gasteiger partial charge < -0.3 is 28.3 Å². The summed E-state index contributed by atoms with van der Waals surface area (Å²) in [6.45, 7) is 2.37. The van der Waals surface area contributed by atoms with Gasteiger partial charge in [0.1, 0.15) is 6.61 Å². The number of hydrogen-bond donors (Lipinski definition) is 0. The molecule has 0 spiro atoms. The summed E-state index contributed by atoms with van der Waals surface area (Å²) in [6.07, 6.45) is 3.30. The van der Waals surface area contributed by atoms with E-state index in [0.29, 0.717) is 6.42 Å². The quantitative estimate of drug-likeness (QED) is 0.0588. The minimum Gasteiger partial charge on any atom is -0.790 e. The van der Waals surface area contributed by atoms with Gasteiger partial charge in [0.2, 0.25) is 0 Å². The van der Waals surface area contributed by atoms with E-state index in [-0.39, 0.29) is 65.5 Å². The van der Waals surface area contributed by atoms with Gasteiger partial charge >= 0.3 is 71.1 Å². The SMILES string of the molecule is CC#CC#CC#CC#CC#CC#CC#CC(=O)OC[C@H](COP(=O)([O-])[O-])OC(=O)CCCCCCC.[Na+].[Na+]. The molecular weight excluding hydrogens is 529 g/mol. The van der Waals surface area contributed by atoms with E-state index in [1.54, 1.807) is 6.92 Å². The molecule has 11 heteroatoms. The fourth-order valence-corrected chi connectivity index (χ4v) is 2.42. The summed E-state index contributed by atoms with van der Waals surface area (Å²) in [5, 5.41) is 0. The van der Waals surface area contributed by atoms with Crippen LogP contribution in [0.25, 0.3) is 0 Å². The molecule has 0 saturated carbocycles. The van der Waals surface area contributed by atoms with Crippen molar-refractivity contribution in [3.05, 3.63) is 0 Å². The Hall–Kier alpha value is -2.03. The predicted molar refractivity (Wildman–Crippen MR) is 128 cm³/mol. The van der Waals surface area contributed by atoms with E-state index in [0.717, 1.165) is 25.7 Å². The molecule has 8 nitrogen and oxygen atoms in total. The number of hydrogen-bond acceptors (Lipinski definition) is 8. The number of ether oxygens (including phenoxy) is 2. The van der Waals surface area contributed by atoms with Crippen molar-refractivity contribution in [2.45, 2.75) is 58.5 Å². The van der Waals surface area contributed by atoms with Gasteiger partial charge in [-0.2, -0.15) is 0 Å². The molecule has 0 amide bonds. The van der Waals surface area contributed by atoms with Crippen molar-refractivity contribution >= 4 is 19.8 Å². The molecule has 0 unspecified atom stereocenters. The molecule has 0 aromatic rings. The van der Waals surface area contributed by atoms with E-state index >= 15 is 0 Å². The molecule has 0 heterocycles. The van der Waals surface area contributed by atoms with Crippen LogP contribution in [0.4, 0.5) is 0 Å². The van der Waals surface area contributed by atoms with Crippen molar-refractivity contribution in [3.63, 3.8) is 0 Å². The summed E-state index contributed by atoms with van der Waals surface area (Å²) in [6, 6.07) is 0. The van der Waals surface area contributed by atoms with Crippen molar-refractivity contribution in [3.8, 4) is 82.9 Å². The van der Waals surface area contributed by atoms with Gasteiger partial charge in [0.25, 0.3) is 0 Å². The first-order chi connectivity index (χ1) is 17.3. The van der Waals surface area contributed by atoms with Crippen molar-refractivity contribution in [2.75, 3.05) is 13.2 Å². The summed E-state index contributed by atoms with van der Waals surface area (Å²) in [5.41, 5.74) is 0. The third-order valence-electron chi connectivity index (χ3n) is 3.58. The van der Waals surface area contributed by atoms with Gasteiger partial charge in [0.15, 0.2) is 6.10 Å². The van der Waals surface area contributed by atoms with Crippen LogP contribution in [-0.2, 0) is 28.2 Å².